The van der Waals surface area contributed by atoms with E-state index in [1.54, 1.807) is 13.8 Å². The second kappa shape index (κ2) is 7.62. The fraction of sp³-hybridized carbons (Fsp3) is 0.900. The Morgan fingerprint density at radius 2 is 1.82 bits per heavy atom. The van der Waals surface area contributed by atoms with Gasteiger partial charge in [-0.15, -0.1) is 0 Å². The van der Waals surface area contributed by atoms with Crippen LogP contribution < -0.4 is 9.44 Å². The summed E-state index contributed by atoms with van der Waals surface area (Å²) in [5.41, 5.74) is 0. The van der Waals surface area contributed by atoms with Gasteiger partial charge in [0.1, 0.15) is 0 Å². The van der Waals surface area contributed by atoms with Gasteiger partial charge in [-0.25, -0.2) is 4.72 Å². The van der Waals surface area contributed by atoms with E-state index in [0.29, 0.717) is 19.4 Å². The summed E-state index contributed by atoms with van der Waals surface area (Å²) in [5, 5.41) is 8.49. The van der Waals surface area contributed by atoms with E-state index in [9.17, 15) is 13.2 Å². The Labute approximate surface area is 103 Å². The molecular weight excluding hydrogens is 244 g/mol. The van der Waals surface area contributed by atoms with Gasteiger partial charge in [0.15, 0.2) is 0 Å². The number of hydrogen-bond donors (Lipinski definition) is 3. The molecule has 0 saturated heterocycles. The Hall–Kier alpha value is -0.660. The molecule has 0 radical (unpaired) electrons. The standard InChI is InChI=1S/C10H22N2O4S/c1-8(2)12-17(15,16)11-7-6-9(3)4-5-10(13)14/h8-9,11-12H,4-7H2,1-3H3,(H,13,14). The van der Waals surface area contributed by atoms with Crippen LogP contribution in [0.1, 0.15) is 40.0 Å². The zero-order valence-electron chi connectivity index (χ0n) is 10.6. The molecule has 0 aliphatic heterocycles. The molecule has 0 aromatic rings. The third-order valence-corrected chi connectivity index (χ3v) is 3.54. The Balaban J connectivity index is 3.79. The second-order valence-corrected chi connectivity index (χ2v) is 6.03. The summed E-state index contributed by atoms with van der Waals surface area (Å²) in [6.45, 7) is 5.72. The van der Waals surface area contributed by atoms with Crippen molar-refractivity contribution in [2.75, 3.05) is 6.54 Å². The Bertz CT molecular complexity index is 327. The SMILES string of the molecule is CC(CCNS(=O)(=O)NC(C)C)CCC(=O)O. The largest absolute Gasteiger partial charge is 0.481 e. The lowest BCUT2D eigenvalue weighted by Crippen LogP contribution is -2.40. The lowest BCUT2D eigenvalue weighted by atomic mass is 10.0. The van der Waals surface area contributed by atoms with Crippen molar-refractivity contribution in [1.82, 2.24) is 9.44 Å². The monoisotopic (exact) mass is 266 g/mol. The smallest absolute Gasteiger partial charge is 0.303 e. The molecule has 17 heavy (non-hydrogen) atoms. The summed E-state index contributed by atoms with van der Waals surface area (Å²) in [5.74, 6) is -0.633. The average molecular weight is 266 g/mol. The Morgan fingerprint density at radius 1 is 1.24 bits per heavy atom. The highest BCUT2D eigenvalue weighted by atomic mass is 32.2. The third kappa shape index (κ3) is 10.2. The van der Waals surface area contributed by atoms with Gasteiger partial charge in [-0.3, -0.25) is 4.79 Å². The number of aliphatic carboxylic acids is 1. The number of carboxylic acid groups (broad SMARTS) is 1. The van der Waals surface area contributed by atoms with Gasteiger partial charge in [-0.05, 0) is 32.6 Å². The molecular formula is C10H22N2O4S. The summed E-state index contributed by atoms with van der Waals surface area (Å²) in [6.07, 6.45) is 1.32. The summed E-state index contributed by atoms with van der Waals surface area (Å²) in [7, 11) is -3.42. The normalized spacial score (nSPS) is 13.9. The molecule has 7 heteroatoms. The van der Waals surface area contributed by atoms with Gasteiger partial charge in [-0.2, -0.15) is 13.1 Å². The predicted octanol–water partition coefficient (Wildman–Crippen LogP) is 0.710. The minimum atomic E-state index is -3.42. The minimum absolute atomic E-state index is 0.123. The van der Waals surface area contributed by atoms with Crippen LogP contribution in [0.5, 0.6) is 0 Å². The van der Waals surface area contributed by atoms with Gasteiger partial charge in [0.25, 0.3) is 10.2 Å². The fourth-order valence-electron chi connectivity index (χ4n) is 1.31. The molecule has 6 nitrogen and oxygen atoms in total. The third-order valence-electron chi connectivity index (χ3n) is 2.17. The van der Waals surface area contributed by atoms with Crippen molar-refractivity contribution < 1.29 is 18.3 Å². The van der Waals surface area contributed by atoms with Gasteiger partial charge >= 0.3 is 5.97 Å². The fourth-order valence-corrected chi connectivity index (χ4v) is 2.40. The van der Waals surface area contributed by atoms with Crippen molar-refractivity contribution in [2.45, 2.75) is 46.1 Å². The summed E-state index contributed by atoms with van der Waals surface area (Å²) in [4.78, 5) is 10.3. The number of rotatable bonds is 9. The summed E-state index contributed by atoms with van der Waals surface area (Å²) >= 11 is 0. The number of hydrogen-bond acceptors (Lipinski definition) is 3. The molecule has 0 fully saturated rings. The van der Waals surface area contributed by atoms with E-state index in [-0.39, 0.29) is 18.4 Å². The van der Waals surface area contributed by atoms with Crippen molar-refractivity contribution in [3.63, 3.8) is 0 Å². The minimum Gasteiger partial charge on any atom is -0.481 e. The molecule has 1 atom stereocenters. The molecule has 102 valence electrons. The van der Waals surface area contributed by atoms with E-state index in [4.69, 9.17) is 5.11 Å². The first-order valence-corrected chi connectivity index (χ1v) is 7.20. The van der Waals surface area contributed by atoms with Crippen LogP contribution in [0.15, 0.2) is 0 Å². The van der Waals surface area contributed by atoms with Crippen LogP contribution in [-0.4, -0.2) is 32.1 Å². The molecule has 0 heterocycles. The highest BCUT2D eigenvalue weighted by molar-refractivity contribution is 7.87. The van der Waals surface area contributed by atoms with Gasteiger partial charge < -0.3 is 5.11 Å². The zero-order valence-corrected chi connectivity index (χ0v) is 11.4. The van der Waals surface area contributed by atoms with Gasteiger partial charge in [0.05, 0.1) is 0 Å². The maximum absolute atomic E-state index is 11.4. The summed E-state index contributed by atoms with van der Waals surface area (Å²) in [6, 6.07) is -0.142. The van der Waals surface area contributed by atoms with Crippen LogP contribution in [-0.2, 0) is 15.0 Å². The van der Waals surface area contributed by atoms with E-state index >= 15 is 0 Å². The van der Waals surface area contributed by atoms with E-state index in [1.807, 2.05) is 6.92 Å². The molecule has 1 unspecified atom stereocenters. The topological polar surface area (TPSA) is 95.5 Å². The molecule has 0 amide bonds. The Morgan fingerprint density at radius 3 is 2.29 bits per heavy atom. The van der Waals surface area contributed by atoms with Crippen LogP contribution in [0.3, 0.4) is 0 Å². The maximum atomic E-state index is 11.4. The number of carboxylic acids is 1. The molecule has 0 spiro atoms. The van der Waals surface area contributed by atoms with E-state index < -0.39 is 16.2 Å². The van der Waals surface area contributed by atoms with E-state index in [0.717, 1.165) is 0 Å². The first-order valence-electron chi connectivity index (χ1n) is 5.71. The van der Waals surface area contributed by atoms with Crippen molar-refractivity contribution in [1.29, 1.82) is 0 Å². The lowest BCUT2D eigenvalue weighted by molar-refractivity contribution is -0.137. The zero-order chi connectivity index (χ0) is 13.5. The van der Waals surface area contributed by atoms with Gasteiger partial charge in [0.2, 0.25) is 0 Å². The van der Waals surface area contributed by atoms with E-state index in [2.05, 4.69) is 9.44 Å². The summed E-state index contributed by atoms with van der Waals surface area (Å²) < 4.78 is 27.6. The molecule has 0 saturated carbocycles. The molecule has 0 aliphatic rings. The van der Waals surface area contributed by atoms with Crippen molar-refractivity contribution >= 4 is 16.2 Å². The molecule has 3 N–H and O–H groups in total. The molecule has 0 aliphatic carbocycles. The number of carbonyl (C=O) groups is 1. The molecule has 0 aromatic heterocycles. The highest BCUT2D eigenvalue weighted by Gasteiger charge is 2.11. The van der Waals surface area contributed by atoms with Crippen molar-refractivity contribution in [3.8, 4) is 0 Å². The average Bonchev–Trinajstić information content (AvgIpc) is 2.12. The van der Waals surface area contributed by atoms with Crippen LogP contribution in [0.4, 0.5) is 0 Å². The lowest BCUT2D eigenvalue weighted by Gasteiger charge is -2.13. The van der Waals surface area contributed by atoms with Crippen molar-refractivity contribution in [2.24, 2.45) is 5.92 Å². The van der Waals surface area contributed by atoms with Crippen LogP contribution in [0, 0.1) is 5.92 Å². The highest BCUT2D eigenvalue weighted by Crippen LogP contribution is 2.09. The second-order valence-electron chi connectivity index (χ2n) is 4.50. The van der Waals surface area contributed by atoms with Gasteiger partial charge in [0, 0.05) is 19.0 Å². The molecule has 0 bridgehead atoms. The number of nitrogens with one attached hydrogen (secondary N) is 2. The first-order chi connectivity index (χ1) is 7.73. The van der Waals surface area contributed by atoms with Crippen molar-refractivity contribution in [3.05, 3.63) is 0 Å². The molecule has 0 rings (SSSR count). The maximum Gasteiger partial charge on any atom is 0.303 e. The Kier molecular flexibility index (Phi) is 7.33. The van der Waals surface area contributed by atoms with E-state index in [1.165, 1.54) is 0 Å². The predicted molar refractivity (Wildman–Crippen MR) is 65.8 cm³/mol. The first kappa shape index (κ1) is 16.3. The van der Waals surface area contributed by atoms with Crippen LogP contribution in [0.2, 0.25) is 0 Å². The van der Waals surface area contributed by atoms with Crippen LogP contribution >= 0.6 is 0 Å². The van der Waals surface area contributed by atoms with Gasteiger partial charge in [-0.1, -0.05) is 6.92 Å². The van der Waals surface area contributed by atoms with Crippen LogP contribution in [0.25, 0.3) is 0 Å². The molecule has 0 aromatic carbocycles. The quantitative estimate of drug-likeness (QED) is 0.572.